The zero-order chi connectivity index (χ0) is 11.5. The van der Waals surface area contributed by atoms with E-state index in [0.717, 1.165) is 24.0 Å². The number of nitrogens with zero attached hydrogens (tertiary/aromatic N) is 1. The molecule has 0 aromatic heterocycles. The lowest BCUT2D eigenvalue weighted by Gasteiger charge is -2.45. The molecule has 1 heterocycles. The molecule has 4 unspecified atom stereocenters. The largest absolute Gasteiger partial charge is 0.317 e. The number of hydrogen-bond donors (Lipinski definition) is 1. The predicted octanol–water partition coefficient (Wildman–Crippen LogP) is 2.64. The number of nitrogens with one attached hydrogen (secondary N) is 1. The van der Waals surface area contributed by atoms with Crippen LogP contribution in [-0.4, -0.2) is 36.6 Å². The first kappa shape index (κ1) is 12.4. The third-order valence-electron chi connectivity index (χ3n) is 4.71. The lowest BCUT2D eigenvalue weighted by atomic mass is 9.84. The van der Waals surface area contributed by atoms with Gasteiger partial charge in [-0.15, -0.1) is 0 Å². The van der Waals surface area contributed by atoms with Crippen LogP contribution in [0.4, 0.5) is 0 Å². The highest BCUT2D eigenvalue weighted by atomic mass is 15.2. The van der Waals surface area contributed by atoms with E-state index in [-0.39, 0.29) is 0 Å². The first-order valence-corrected chi connectivity index (χ1v) is 7.13. The number of piperidine rings is 1. The van der Waals surface area contributed by atoms with Crippen LogP contribution in [0.3, 0.4) is 0 Å². The van der Waals surface area contributed by atoms with Gasteiger partial charge in [0.2, 0.25) is 0 Å². The fourth-order valence-corrected chi connectivity index (χ4v) is 3.70. The molecule has 2 aliphatic rings. The highest BCUT2D eigenvalue weighted by molar-refractivity contribution is 4.88. The van der Waals surface area contributed by atoms with Crippen molar-refractivity contribution >= 4 is 0 Å². The number of rotatable bonds is 2. The maximum Gasteiger partial charge on any atom is 0.0101 e. The van der Waals surface area contributed by atoms with Crippen LogP contribution in [-0.2, 0) is 0 Å². The van der Waals surface area contributed by atoms with Crippen molar-refractivity contribution in [2.45, 2.75) is 70.5 Å². The first-order chi connectivity index (χ1) is 7.70. The molecule has 0 aromatic carbocycles. The van der Waals surface area contributed by atoms with Gasteiger partial charge in [0, 0.05) is 24.7 Å². The Morgan fingerprint density at radius 3 is 2.50 bits per heavy atom. The minimum absolute atomic E-state index is 0.757. The highest BCUT2D eigenvalue weighted by Crippen LogP contribution is 2.31. The summed E-state index contributed by atoms with van der Waals surface area (Å²) in [4.78, 5) is 2.80. The van der Waals surface area contributed by atoms with Crippen LogP contribution in [0.5, 0.6) is 0 Å². The Bertz CT molecular complexity index is 217. The van der Waals surface area contributed by atoms with E-state index in [2.05, 4.69) is 31.1 Å². The van der Waals surface area contributed by atoms with Crippen LogP contribution < -0.4 is 5.32 Å². The van der Waals surface area contributed by atoms with Gasteiger partial charge < -0.3 is 5.32 Å². The Morgan fingerprint density at radius 1 is 1.06 bits per heavy atom. The van der Waals surface area contributed by atoms with Crippen molar-refractivity contribution in [2.75, 3.05) is 13.6 Å². The van der Waals surface area contributed by atoms with Gasteiger partial charge in [0.25, 0.3) is 0 Å². The third kappa shape index (κ3) is 2.78. The molecule has 2 nitrogen and oxygen atoms in total. The van der Waals surface area contributed by atoms with Gasteiger partial charge in [0.15, 0.2) is 0 Å². The topological polar surface area (TPSA) is 15.3 Å². The van der Waals surface area contributed by atoms with Gasteiger partial charge >= 0.3 is 0 Å². The fourth-order valence-electron chi connectivity index (χ4n) is 3.70. The van der Waals surface area contributed by atoms with Gasteiger partial charge in [-0.1, -0.05) is 19.8 Å². The Hall–Kier alpha value is -0.0800. The quantitative estimate of drug-likeness (QED) is 0.776. The van der Waals surface area contributed by atoms with Gasteiger partial charge in [0.05, 0.1) is 0 Å². The molecule has 0 radical (unpaired) electrons. The average Bonchev–Trinajstić information content (AvgIpc) is 2.28. The van der Waals surface area contributed by atoms with E-state index < -0.39 is 0 Å². The summed E-state index contributed by atoms with van der Waals surface area (Å²) in [5.41, 5.74) is 0. The Kier molecular flexibility index (Phi) is 4.26. The van der Waals surface area contributed by atoms with Crippen molar-refractivity contribution in [1.29, 1.82) is 0 Å². The van der Waals surface area contributed by atoms with Crippen LogP contribution in [0.25, 0.3) is 0 Å². The van der Waals surface area contributed by atoms with Crippen LogP contribution in [0.2, 0.25) is 0 Å². The summed E-state index contributed by atoms with van der Waals surface area (Å²) in [7, 11) is 2.11. The molecule has 0 bridgehead atoms. The Balaban J connectivity index is 1.89. The van der Waals surface area contributed by atoms with Gasteiger partial charge in [-0.2, -0.15) is 0 Å². The van der Waals surface area contributed by atoms with Crippen molar-refractivity contribution in [3.8, 4) is 0 Å². The Morgan fingerprint density at radius 2 is 1.88 bits per heavy atom. The molecule has 1 aliphatic carbocycles. The lowest BCUT2D eigenvalue weighted by molar-refractivity contribution is 0.0581. The number of hydrogen-bond acceptors (Lipinski definition) is 2. The average molecular weight is 224 g/mol. The van der Waals surface area contributed by atoms with Crippen molar-refractivity contribution in [3.63, 3.8) is 0 Å². The molecule has 2 heteroatoms. The van der Waals surface area contributed by atoms with Crippen LogP contribution in [0.1, 0.15) is 52.4 Å². The monoisotopic (exact) mass is 224 g/mol. The maximum atomic E-state index is 3.44. The minimum Gasteiger partial charge on any atom is -0.317 e. The third-order valence-corrected chi connectivity index (χ3v) is 4.71. The van der Waals surface area contributed by atoms with E-state index in [0.29, 0.717) is 0 Å². The van der Waals surface area contributed by atoms with Crippen molar-refractivity contribution in [3.05, 3.63) is 0 Å². The smallest absolute Gasteiger partial charge is 0.0101 e. The molecule has 1 N–H and O–H groups in total. The van der Waals surface area contributed by atoms with E-state index in [1.54, 1.807) is 0 Å². The molecular weight excluding hydrogens is 196 g/mol. The summed E-state index contributed by atoms with van der Waals surface area (Å²) < 4.78 is 0. The number of likely N-dealkylation sites (tertiary alicyclic amines) is 1. The molecule has 0 spiro atoms. The van der Waals surface area contributed by atoms with Crippen molar-refractivity contribution < 1.29 is 0 Å². The van der Waals surface area contributed by atoms with E-state index in [1.165, 1.54) is 45.1 Å². The zero-order valence-electron chi connectivity index (χ0n) is 11.2. The van der Waals surface area contributed by atoms with Gasteiger partial charge in [-0.05, 0) is 45.6 Å². The van der Waals surface area contributed by atoms with Crippen molar-refractivity contribution in [1.82, 2.24) is 10.2 Å². The molecule has 2 fully saturated rings. The summed E-state index contributed by atoms with van der Waals surface area (Å²) in [6.07, 6.45) is 8.46. The summed E-state index contributed by atoms with van der Waals surface area (Å²) in [5.74, 6) is 0.952. The van der Waals surface area contributed by atoms with Gasteiger partial charge in [0.1, 0.15) is 0 Å². The van der Waals surface area contributed by atoms with E-state index >= 15 is 0 Å². The molecule has 0 aromatic rings. The maximum absolute atomic E-state index is 3.44. The molecule has 0 amide bonds. The van der Waals surface area contributed by atoms with Crippen LogP contribution >= 0.6 is 0 Å². The second-order valence-corrected chi connectivity index (χ2v) is 6.02. The second kappa shape index (κ2) is 5.50. The summed E-state index contributed by atoms with van der Waals surface area (Å²) >= 11 is 0. The molecule has 1 aliphatic heterocycles. The molecule has 2 rings (SSSR count). The van der Waals surface area contributed by atoms with Crippen LogP contribution in [0.15, 0.2) is 0 Å². The van der Waals surface area contributed by atoms with Crippen LogP contribution in [0, 0.1) is 5.92 Å². The summed E-state index contributed by atoms with van der Waals surface area (Å²) in [5, 5.41) is 3.44. The van der Waals surface area contributed by atoms with Gasteiger partial charge in [-0.3, -0.25) is 4.90 Å². The molecular formula is C14H28N2. The normalized spacial score (nSPS) is 42.2. The standard InChI is InChI=1S/C14H28N2/c1-11-5-4-6-14(9-11)16-8-7-13(15-3)10-12(16)2/h11-15H,4-10H2,1-3H3. The Labute approximate surface area is 101 Å². The minimum atomic E-state index is 0.757. The molecule has 1 saturated heterocycles. The predicted molar refractivity (Wildman–Crippen MR) is 69.7 cm³/mol. The first-order valence-electron chi connectivity index (χ1n) is 7.13. The van der Waals surface area contributed by atoms with Gasteiger partial charge in [-0.25, -0.2) is 0 Å². The second-order valence-electron chi connectivity index (χ2n) is 6.02. The molecule has 4 atom stereocenters. The SMILES string of the molecule is CNC1CCN(C2CCCC(C)C2)C(C)C1. The molecule has 16 heavy (non-hydrogen) atoms. The zero-order valence-corrected chi connectivity index (χ0v) is 11.2. The van der Waals surface area contributed by atoms with Crippen molar-refractivity contribution in [2.24, 2.45) is 5.92 Å². The van der Waals surface area contributed by atoms with E-state index in [4.69, 9.17) is 0 Å². The molecule has 94 valence electrons. The van der Waals surface area contributed by atoms with E-state index in [1.807, 2.05) is 0 Å². The molecule has 1 saturated carbocycles. The van der Waals surface area contributed by atoms with E-state index in [9.17, 15) is 0 Å². The highest BCUT2D eigenvalue weighted by Gasteiger charge is 2.31. The summed E-state index contributed by atoms with van der Waals surface area (Å²) in [6, 6.07) is 2.42. The lowest BCUT2D eigenvalue weighted by Crippen LogP contribution is -2.51. The summed E-state index contributed by atoms with van der Waals surface area (Å²) in [6.45, 7) is 6.16. The fraction of sp³-hybridized carbons (Fsp3) is 1.00.